The molecule has 2 aliphatic rings. The third-order valence-corrected chi connectivity index (χ3v) is 5.50. The van der Waals surface area contributed by atoms with Gasteiger partial charge < -0.3 is 20.1 Å². The molecule has 1 unspecified atom stereocenters. The molecule has 146 valence electrons. The van der Waals surface area contributed by atoms with Gasteiger partial charge in [0.25, 0.3) is 0 Å². The molecule has 5 nitrogen and oxygen atoms in total. The van der Waals surface area contributed by atoms with Gasteiger partial charge in [0.05, 0.1) is 6.10 Å². The highest BCUT2D eigenvalue weighted by molar-refractivity contribution is 5.69. The third-order valence-electron chi connectivity index (χ3n) is 5.50. The van der Waals surface area contributed by atoms with Gasteiger partial charge in [0, 0.05) is 24.7 Å². The van der Waals surface area contributed by atoms with Gasteiger partial charge in [0.15, 0.2) is 0 Å². The summed E-state index contributed by atoms with van der Waals surface area (Å²) in [6.07, 6.45) is 7.75. The molecule has 1 aliphatic carbocycles. The molecule has 0 spiro atoms. The molecule has 3 atom stereocenters. The minimum absolute atomic E-state index is 0.180. The highest BCUT2D eigenvalue weighted by Gasteiger charge is 2.36. The molecule has 1 heterocycles. The number of rotatable bonds is 4. The van der Waals surface area contributed by atoms with E-state index in [0.29, 0.717) is 18.1 Å². The van der Waals surface area contributed by atoms with Crippen LogP contribution in [0.25, 0.3) is 0 Å². The fourth-order valence-electron chi connectivity index (χ4n) is 4.29. The van der Waals surface area contributed by atoms with Crippen molar-refractivity contribution in [2.45, 2.75) is 109 Å². The number of nitrogens with two attached hydrogens (primary N) is 1. The Morgan fingerprint density at radius 1 is 1.08 bits per heavy atom. The highest BCUT2D eigenvalue weighted by Crippen LogP contribution is 2.31. The fourth-order valence-corrected chi connectivity index (χ4v) is 4.29. The maximum Gasteiger partial charge on any atom is 0.410 e. The van der Waals surface area contributed by atoms with Crippen molar-refractivity contribution in [3.8, 4) is 0 Å². The van der Waals surface area contributed by atoms with Crippen LogP contribution >= 0.6 is 0 Å². The summed E-state index contributed by atoms with van der Waals surface area (Å²) in [5.74, 6) is 0.620. The van der Waals surface area contributed by atoms with E-state index < -0.39 is 5.60 Å². The fraction of sp³-hybridized carbons (Fsp3) is 0.950. The van der Waals surface area contributed by atoms with Crippen molar-refractivity contribution < 1.29 is 14.3 Å². The maximum atomic E-state index is 12.5. The summed E-state index contributed by atoms with van der Waals surface area (Å²) in [7, 11) is 0. The van der Waals surface area contributed by atoms with Gasteiger partial charge in [0.1, 0.15) is 5.60 Å². The van der Waals surface area contributed by atoms with E-state index in [1.54, 1.807) is 0 Å². The molecule has 25 heavy (non-hydrogen) atoms. The van der Waals surface area contributed by atoms with Gasteiger partial charge in [0.2, 0.25) is 0 Å². The summed E-state index contributed by atoms with van der Waals surface area (Å²) in [6, 6.07) is 0.811. The van der Waals surface area contributed by atoms with Crippen LogP contribution in [0.3, 0.4) is 0 Å². The molecule has 1 aliphatic heterocycles. The first kappa shape index (κ1) is 20.5. The average molecular weight is 355 g/mol. The van der Waals surface area contributed by atoms with Crippen molar-refractivity contribution in [3.05, 3.63) is 0 Å². The predicted octanol–water partition coefficient (Wildman–Crippen LogP) is 4.09. The quantitative estimate of drug-likeness (QED) is 0.826. The van der Waals surface area contributed by atoms with Crippen molar-refractivity contribution in [2.24, 2.45) is 11.7 Å². The molecule has 2 N–H and O–H groups in total. The second-order valence-corrected chi connectivity index (χ2v) is 9.12. The molecule has 0 radical (unpaired) electrons. The Kier molecular flexibility index (Phi) is 7.15. The number of hydrogen-bond acceptors (Lipinski definition) is 4. The van der Waals surface area contributed by atoms with E-state index in [4.69, 9.17) is 15.2 Å². The molecule has 0 aromatic rings. The standard InChI is InChI=1S/C20H38N2O3/c1-14-12-16(10-11-24-18-8-6-17(21)7-9-18)13-15(2)22(14)19(23)25-20(3,4)5/h14-18H,6-13,21H2,1-5H3/t14-,15+,16?,17-,18-. The van der Waals surface area contributed by atoms with Gasteiger partial charge in [-0.25, -0.2) is 4.79 Å². The van der Waals surface area contributed by atoms with Crippen LogP contribution in [0.15, 0.2) is 0 Å². The van der Waals surface area contributed by atoms with Crippen LogP contribution in [-0.4, -0.2) is 47.4 Å². The predicted molar refractivity (Wildman–Crippen MR) is 101 cm³/mol. The Balaban J connectivity index is 1.74. The Hall–Kier alpha value is -0.810. The topological polar surface area (TPSA) is 64.8 Å². The molecule has 5 heteroatoms. The molecular weight excluding hydrogens is 316 g/mol. The first-order chi connectivity index (χ1) is 11.7. The zero-order valence-electron chi connectivity index (χ0n) is 16.8. The monoisotopic (exact) mass is 354 g/mol. The largest absolute Gasteiger partial charge is 0.444 e. The zero-order chi connectivity index (χ0) is 18.6. The summed E-state index contributed by atoms with van der Waals surface area (Å²) in [4.78, 5) is 14.4. The zero-order valence-corrected chi connectivity index (χ0v) is 16.8. The molecular formula is C20H38N2O3. The lowest BCUT2D eigenvalue weighted by atomic mass is 9.85. The van der Waals surface area contributed by atoms with Crippen molar-refractivity contribution in [1.82, 2.24) is 4.90 Å². The summed E-state index contributed by atoms with van der Waals surface area (Å²) in [6.45, 7) is 10.9. The van der Waals surface area contributed by atoms with Gasteiger partial charge in [-0.1, -0.05) is 0 Å². The van der Waals surface area contributed by atoms with E-state index in [9.17, 15) is 4.79 Å². The third kappa shape index (κ3) is 6.45. The smallest absolute Gasteiger partial charge is 0.410 e. The number of hydrogen-bond donors (Lipinski definition) is 1. The number of amides is 1. The van der Waals surface area contributed by atoms with Crippen LogP contribution in [0.4, 0.5) is 4.79 Å². The molecule has 2 rings (SSSR count). The number of carbonyl (C=O) groups is 1. The molecule has 1 amide bonds. The summed E-state index contributed by atoms with van der Waals surface area (Å²) < 4.78 is 11.7. The lowest BCUT2D eigenvalue weighted by Crippen LogP contribution is -2.51. The van der Waals surface area contributed by atoms with Crippen LogP contribution in [0.1, 0.15) is 79.6 Å². The summed E-state index contributed by atoms with van der Waals surface area (Å²) in [5.41, 5.74) is 5.51. The Bertz CT molecular complexity index is 415. The summed E-state index contributed by atoms with van der Waals surface area (Å²) in [5, 5.41) is 0. The van der Waals surface area contributed by atoms with Crippen LogP contribution < -0.4 is 5.73 Å². The minimum atomic E-state index is -0.441. The van der Waals surface area contributed by atoms with Crippen molar-refractivity contribution >= 4 is 6.09 Å². The van der Waals surface area contributed by atoms with E-state index in [-0.39, 0.29) is 18.2 Å². The number of piperidine rings is 1. The van der Waals surface area contributed by atoms with E-state index in [2.05, 4.69) is 13.8 Å². The molecule has 2 fully saturated rings. The average Bonchev–Trinajstić information content (AvgIpc) is 2.46. The van der Waals surface area contributed by atoms with Crippen molar-refractivity contribution in [1.29, 1.82) is 0 Å². The number of likely N-dealkylation sites (tertiary alicyclic amines) is 1. The van der Waals surface area contributed by atoms with Crippen LogP contribution in [-0.2, 0) is 9.47 Å². The number of carbonyl (C=O) groups excluding carboxylic acids is 1. The van der Waals surface area contributed by atoms with Crippen molar-refractivity contribution in [2.75, 3.05) is 6.61 Å². The minimum Gasteiger partial charge on any atom is -0.444 e. The number of ether oxygens (including phenoxy) is 2. The second-order valence-electron chi connectivity index (χ2n) is 9.12. The number of nitrogens with zero attached hydrogens (tertiary/aromatic N) is 1. The SMILES string of the molecule is C[C@@H]1CC(CCO[C@H]2CC[C@H](N)CC2)C[C@H](C)N1C(=O)OC(C)(C)C. The van der Waals surface area contributed by atoms with Gasteiger partial charge in [-0.05, 0) is 85.5 Å². The normalized spacial score (nSPS) is 34.0. The Labute approximate surface area is 153 Å². The molecule has 0 bridgehead atoms. The molecule has 1 saturated heterocycles. The molecule has 0 aromatic heterocycles. The van der Waals surface area contributed by atoms with Gasteiger partial charge in [-0.15, -0.1) is 0 Å². The van der Waals surface area contributed by atoms with Crippen LogP contribution in [0.5, 0.6) is 0 Å². The van der Waals surface area contributed by atoms with E-state index in [0.717, 1.165) is 51.6 Å². The van der Waals surface area contributed by atoms with Crippen LogP contribution in [0, 0.1) is 5.92 Å². The molecule has 0 aromatic carbocycles. The first-order valence-electron chi connectivity index (χ1n) is 10.0. The lowest BCUT2D eigenvalue weighted by Gasteiger charge is -2.43. The Morgan fingerprint density at radius 3 is 2.16 bits per heavy atom. The van der Waals surface area contributed by atoms with Crippen molar-refractivity contribution in [3.63, 3.8) is 0 Å². The first-order valence-corrected chi connectivity index (χ1v) is 10.0. The van der Waals surface area contributed by atoms with E-state index >= 15 is 0 Å². The highest BCUT2D eigenvalue weighted by atomic mass is 16.6. The summed E-state index contributed by atoms with van der Waals surface area (Å²) >= 11 is 0. The van der Waals surface area contributed by atoms with Gasteiger partial charge in [-0.3, -0.25) is 0 Å². The lowest BCUT2D eigenvalue weighted by molar-refractivity contribution is -0.0160. The van der Waals surface area contributed by atoms with E-state index in [1.165, 1.54) is 0 Å². The van der Waals surface area contributed by atoms with Crippen LogP contribution in [0.2, 0.25) is 0 Å². The van der Waals surface area contributed by atoms with E-state index in [1.807, 2.05) is 25.7 Å². The maximum absolute atomic E-state index is 12.5. The van der Waals surface area contributed by atoms with Gasteiger partial charge >= 0.3 is 6.09 Å². The Morgan fingerprint density at radius 2 is 1.64 bits per heavy atom. The second kappa shape index (κ2) is 8.72. The molecule has 1 saturated carbocycles. The van der Waals surface area contributed by atoms with Gasteiger partial charge in [-0.2, -0.15) is 0 Å².